The van der Waals surface area contributed by atoms with Crippen molar-refractivity contribution in [1.29, 1.82) is 0 Å². The maximum Gasteiger partial charge on any atom is 0.338 e. The van der Waals surface area contributed by atoms with Gasteiger partial charge in [-0.15, -0.1) is 0 Å². The fraction of sp³-hybridized carbons (Fsp3) is 0.200. The van der Waals surface area contributed by atoms with Gasteiger partial charge >= 0.3 is 6.03 Å². The third kappa shape index (κ3) is 3.22. The fourth-order valence-corrected chi connectivity index (χ4v) is 3.83. The van der Waals surface area contributed by atoms with E-state index in [1.807, 2.05) is 48.9 Å². The molecule has 5 nitrogen and oxygen atoms in total. The Bertz CT molecular complexity index is 898. The van der Waals surface area contributed by atoms with E-state index in [2.05, 4.69) is 0 Å². The first-order valence-electron chi connectivity index (χ1n) is 8.67. The van der Waals surface area contributed by atoms with Gasteiger partial charge in [-0.1, -0.05) is 47.5 Å². The number of allylic oxidation sites excluding steroid dienone is 1. The number of ether oxygens (including phenoxy) is 1. The second-order valence-corrected chi connectivity index (χ2v) is 7.19. The SMILES string of the molecule is NC(=O)N1C2=C(OCCC[CH]2)C(c2ccc(Cl)cc2)N1c1ccccc1Cl. The van der Waals surface area contributed by atoms with E-state index in [4.69, 9.17) is 33.7 Å². The zero-order valence-electron chi connectivity index (χ0n) is 14.4. The van der Waals surface area contributed by atoms with Crippen LogP contribution in [0.15, 0.2) is 60.0 Å². The normalized spacial score (nSPS) is 19.6. The van der Waals surface area contributed by atoms with Crippen molar-refractivity contribution in [3.8, 4) is 0 Å². The van der Waals surface area contributed by atoms with Crippen LogP contribution in [0, 0.1) is 6.42 Å². The van der Waals surface area contributed by atoms with E-state index in [0.717, 1.165) is 18.4 Å². The molecular weight excluding hydrogens is 385 g/mol. The molecule has 2 aliphatic heterocycles. The highest BCUT2D eigenvalue weighted by Crippen LogP contribution is 2.47. The molecule has 0 spiro atoms. The van der Waals surface area contributed by atoms with Gasteiger partial charge in [0.1, 0.15) is 11.8 Å². The Morgan fingerprint density at radius 2 is 1.85 bits per heavy atom. The highest BCUT2D eigenvalue weighted by molar-refractivity contribution is 6.33. The molecule has 0 saturated carbocycles. The van der Waals surface area contributed by atoms with E-state index in [1.54, 1.807) is 11.1 Å². The average molecular weight is 403 g/mol. The van der Waals surface area contributed by atoms with E-state index >= 15 is 0 Å². The molecule has 2 aromatic carbocycles. The summed E-state index contributed by atoms with van der Waals surface area (Å²) < 4.78 is 6.08. The Kier molecular flexibility index (Phi) is 4.89. The maximum atomic E-state index is 12.4. The molecule has 7 heteroatoms. The molecular formula is C20H18Cl2N3O2. The summed E-state index contributed by atoms with van der Waals surface area (Å²) in [6.07, 6.45) is 3.66. The topological polar surface area (TPSA) is 58.8 Å². The van der Waals surface area contributed by atoms with Gasteiger partial charge in [-0.05, 0) is 42.7 Å². The van der Waals surface area contributed by atoms with Gasteiger partial charge in [0.25, 0.3) is 0 Å². The lowest BCUT2D eigenvalue weighted by atomic mass is 10.0. The van der Waals surface area contributed by atoms with Crippen molar-refractivity contribution in [2.75, 3.05) is 11.6 Å². The second kappa shape index (κ2) is 7.33. The predicted octanol–water partition coefficient (Wildman–Crippen LogP) is 5.08. The number of para-hydroxylation sites is 1. The van der Waals surface area contributed by atoms with Crippen LogP contribution >= 0.6 is 23.2 Å². The third-order valence-electron chi connectivity index (χ3n) is 4.63. The molecule has 2 heterocycles. The van der Waals surface area contributed by atoms with E-state index in [0.29, 0.717) is 33.8 Å². The number of hydrazine groups is 1. The third-order valence-corrected chi connectivity index (χ3v) is 5.20. The monoisotopic (exact) mass is 402 g/mol. The Morgan fingerprint density at radius 1 is 1.11 bits per heavy atom. The van der Waals surface area contributed by atoms with Gasteiger partial charge in [0.05, 0.1) is 23.0 Å². The summed E-state index contributed by atoms with van der Waals surface area (Å²) in [5.74, 6) is 0.688. The number of primary amides is 1. The zero-order valence-corrected chi connectivity index (χ0v) is 16.0. The van der Waals surface area contributed by atoms with Crippen LogP contribution in [0.2, 0.25) is 10.0 Å². The number of rotatable bonds is 2. The van der Waals surface area contributed by atoms with Gasteiger partial charge in [0, 0.05) is 11.4 Å². The first kappa shape index (κ1) is 18.0. The summed E-state index contributed by atoms with van der Waals surface area (Å²) in [5, 5.41) is 4.39. The van der Waals surface area contributed by atoms with Crippen molar-refractivity contribution in [2.24, 2.45) is 5.73 Å². The zero-order chi connectivity index (χ0) is 19.0. The number of nitrogens with two attached hydrogens (primary N) is 1. The highest BCUT2D eigenvalue weighted by atomic mass is 35.5. The molecule has 27 heavy (non-hydrogen) atoms. The molecule has 2 aliphatic rings. The van der Waals surface area contributed by atoms with Crippen LogP contribution in [0.5, 0.6) is 0 Å². The number of hydrogen-bond donors (Lipinski definition) is 1. The van der Waals surface area contributed by atoms with E-state index in [9.17, 15) is 4.79 Å². The number of hydrogen-bond acceptors (Lipinski definition) is 3. The summed E-state index contributed by atoms with van der Waals surface area (Å²) in [6.45, 7) is 0.572. The number of halogens is 2. The quantitative estimate of drug-likeness (QED) is 0.761. The van der Waals surface area contributed by atoms with Crippen molar-refractivity contribution in [1.82, 2.24) is 5.01 Å². The van der Waals surface area contributed by atoms with E-state index < -0.39 is 6.03 Å². The molecule has 4 rings (SSSR count). The minimum Gasteiger partial charge on any atom is -0.493 e. The molecule has 0 fully saturated rings. The van der Waals surface area contributed by atoms with Crippen molar-refractivity contribution in [2.45, 2.75) is 18.9 Å². The van der Waals surface area contributed by atoms with Crippen LogP contribution in [0.3, 0.4) is 0 Å². The molecule has 1 atom stereocenters. The minimum atomic E-state index is -0.597. The van der Waals surface area contributed by atoms with Crippen molar-refractivity contribution in [3.63, 3.8) is 0 Å². The molecule has 1 unspecified atom stereocenters. The van der Waals surface area contributed by atoms with Gasteiger partial charge in [-0.2, -0.15) is 0 Å². The molecule has 0 aliphatic carbocycles. The predicted molar refractivity (Wildman–Crippen MR) is 106 cm³/mol. The summed E-state index contributed by atoms with van der Waals surface area (Å²) in [4.78, 5) is 12.4. The number of urea groups is 1. The second-order valence-electron chi connectivity index (χ2n) is 6.34. The average Bonchev–Trinajstić information content (AvgIpc) is 2.79. The number of amides is 2. The van der Waals surface area contributed by atoms with Gasteiger partial charge < -0.3 is 10.5 Å². The molecule has 0 bridgehead atoms. The van der Waals surface area contributed by atoms with E-state index in [-0.39, 0.29) is 6.04 Å². The first-order chi connectivity index (χ1) is 13.1. The Morgan fingerprint density at radius 3 is 2.56 bits per heavy atom. The highest BCUT2D eigenvalue weighted by Gasteiger charge is 2.45. The Labute approximate surface area is 167 Å². The van der Waals surface area contributed by atoms with Crippen LogP contribution in [-0.2, 0) is 4.74 Å². The number of carbonyl (C=O) groups is 1. The summed E-state index contributed by atoms with van der Waals surface area (Å²) >= 11 is 12.5. The molecule has 0 aromatic heterocycles. The Balaban J connectivity index is 1.91. The molecule has 0 saturated heterocycles. The van der Waals surface area contributed by atoms with Crippen LogP contribution in [0.25, 0.3) is 0 Å². The van der Waals surface area contributed by atoms with Crippen LogP contribution in [0.1, 0.15) is 24.4 Å². The van der Waals surface area contributed by atoms with Crippen LogP contribution < -0.4 is 10.7 Å². The number of nitrogens with zero attached hydrogens (tertiary/aromatic N) is 2. The molecule has 2 aromatic rings. The lowest BCUT2D eigenvalue weighted by molar-refractivity contribution is 0.196. The van der Waals surface area contributed by atoms with Crippen molar-refractivity contribution >= 4 is 34.9 Å². The maximum absolute atomic E-state index is 12.4. The van der Waals surface area contributed by atoms with Gasteiger partial charge in [0.2, 0.25) is 0 Å². The van der Waals surface area contributed by atoms with Crippen molar-refractivity contribution in [3.05, 3.63) is 82.0 Å². The lowest BCUT2D eigenvalue weighted by Gasteiger charge is -2.35. The summed E-state index contributed by atoms with van der Waals surface area (Å²) in [5.41, 5.74) is 8.03. The van der Waals surface area contributed by atoms with E-state index in [1.165, 1.54) is 5.01 Å². The summed E-state index contributed by atoms with van der Waals surface area (Å²) in [6, 6.07) is 13.8. The lowest BCUT2D eigenvalue weighted by Crippen LogP contribution is -2.46. The molecule has 139 valence electrons. The Hall–Kier alpha value is -2.37. The molecule has 2 amide bonds. The van der Waals surface area contributed by atoms with Crippen molar-refractivity contribution < 1.29 is 9.53 Å². The van der Waals surface area contributed by atoms with Crippen LogP contribution in [-0.4, -0.2) is 17.6 Å². The van der Waals surface area contributed by atoms with Crippen LogP contribution in [0.4, 0.5) is 10.5 Å². The van der Waals surface area contributed by atoms with Gasteiger partial charge in [0.15, 0.2) is 0 Å². The van der Waals surface area contributed by atoms with Gasteiger partial charge in [-0.25, -0.2) is 9.80 Å². The standard InChI is InChI=1S/C20H18Cl2N3O2/c21-14-10-8-13(9-11-14)18-19-17(7-3-4-12-27-19)25(20(23)26)24(18)16-6-2-1-5-15(16)22/h1-2,5-11,18H,3-4,12H2,(H2,23,26). The fourth-order valence-electron chi connectivity index (χ4n) is 3.48. The minimum absolute atomic E-state index is 0.376. The van der Waals surface area contributed by atoms with Gasteiger partial charge in [-0.3, -0.25) is 5.01 Å². The molecule has 2 N–H and O–H groups in total. The number of carbonyl (C=O) groups excluding carboxylic acids is 1. The largest absolute Gasteiger partial charge is 0.493 e. The number of anilines is 1. The number of benzene rings is 2. The molecule has 1 radical (unpaired) electrons. The smallest absolute Gasteiger partial charge is 0.338 e. The summed E-state index contributed by atoms with van der Waals surface area (Å²) in [7, 11) is 0. The first-order valence-corrected chi connectivity index (χ1v) is 9.42.